The van der Waals surface area contributed by atoms with Crippen molar-refractivity contribution in [2.45, 2.75) is 6.92 Å². The number of amides is 1. The number of nitrogens with zero attached hydrogens (tertiary/aromatic N) is 4. The Bertz CT molecular complexity index is 650. The smallest absolute Gasteiger partial charge is 0.219 e. The summed E-state index contributed by atoms with van der Waals surface area (Å²) in [5, 5.41) is 12.3. The number of hydrogen-bond donors (Lipinski definition) is 1. The maximum atomic E-state index is 11.4. The fourth-order valence-electron chi connectivity index (χ4n) is 2.37. The average Bonchev–Trinajstić information content (AvgIpc) is 2.54. The van der Waals surface area contributed by atoms with Crippen molar-refractivity contribution in [3.8, 4) is 6.19 Å². The molecule has 122 valence electrons. The molecule has 2 rings (SSSR count). The van der Waals surface area contributed by atoms with Crippen LogP contribution in [0.25, 0.3) is 0 Å². The van der Waals surface area contributed by atoms with Gasteiger partial charge in [0.25, 0.3) is 0 Å². The third kappa shape index (κ3) is 4.53. The maximum Gasteiger partial charge on any atom is 0.219 e. The number of carbonyl (C=O) groups is 1. The van der Waals surface area contributed by atoms with Gasteiger partial charge in [0.05, 0.1) is 16.4 Å². The molecule has 6 nitrogen and oxygen atoms in total. The van der Waals surface area contributed by atoms with E-state index in [1.54, 1.807) is 13.0 Å². The van der Waals surface area contributed by atoms with Crippen LogP contribution < -0.4 is 10.2 Å². The molecule has 0 unspecified atom stereocenters. The van der Waals surface area contributed by atoms with Gasteiger partial charge in [0.15, 0.2) is 11.4 Å². The standard InChI is InChI=1S/C15H18ClN5OS/c1-11(22)20-5-7-21(8-6-20)14-4-3-12(9-13(14)16)19-15(23-2)18-10-17/h3-4,9H,5-8H2,1-2H3,(H,18,19). The van der Waals surface area contributed by atoms with Crippen LogP contribution in [0.1, 0.15) is 6.92 Å². The zero-order valence-corrected chi connectivity index (χ0v) is 14.6. The van der Waals surface area contributed by atoms with Gasteiger partial charge in [0.2, 0.25) is 5.91 Å². The van der Waals surface area contributed by atoms with Gasteiger partial charge in [0, 0.05) is 33.1 Å². The van der Waals surface area contributed by atoms with Crippen LogP contribution in [0, 0.1) is 11.5 Å². The van der Waals surface area contributed by atoms with Crippen molar-refractivity contribution >= 4 is 45.8 Å². The van der Waals surface area contributed by atoms with Crippen molar-refractivity contribution in [1.82, 2.24) is 10.2 Å². The molecule has 1 aromatic carbocycles. The van der Waals surface area contributed by atoms with Gasteiger partial charge in [-0.25, -0.2) is 4.99 Å². The molecule has 0 spiro atoms. The van der Waals surface area contributed by atoms with Gasteiger partial charge in [-0.3, -0.25) is 10.1 Å². The summed E-state index contributed by atoms with van der Waals surface area (Å²) < 4.78 is 0. The second-order valence-corrected chi connectivity index (χ2v) is 6.19. The molecule has 1 aliphatic heterocycles. The number of carbonyl (C=O) groups excluding carboxylic acids is 1. The van der Waals surface area contributed by atoms with Crippen molar-refractivity contribution in [3.05, 3.63) is 23.2 Å². The minimum Gasteiger partial charge on any atom is -0.367 e. The van der Waals surface area contributed by atoms with Gasteiger partial charge in [-0.15, -0.1) is 0 Å². The third-order valence-electron chi connectivity index (χ3n) is 3.58. The highest BCUT2D eigenvalue weighted by atomic mass is 35.5. The topological polar surface area (TPSA) is 71.7 Å². The van der Waals surface area contributed by atoms with Crippen molar-refractivity contribution in [1.29, 1.82) is 5.26 Å². The molecule has 0 aromatic heterocycles. The van der Waals surface area contributed by atoms with Crippen molar-refractivity contribution in [2.75, 3.05) is 37.3 Å². The van der Waals surface area contributed by atoms with Crippen LogP contribution in [0.4, 0.5) is 11.4 Å². The monoisotopic (exact) mass is 351 g/mol. The predicted octanol–water partition coefficient (Wildman–Crippen LogP) is 2.43. The lowest BCUT2D eigenvalue weighted by Gasteiger charge is -2.36. The number of amidine groups is 1. The molecule has 1 N–H and O–H groups in total. The van der Waals surface area contributed by atoms with Crippen LogP contribution in [0.5, 0.6) is 0 Å². The van der Waals surface area contributed by atoms with E-state index in [-0.39, 0.29) is 5.91 Å². The molecule has 23 heavy (non-hydrogen) atoms. The first-order chi connectivity index (χ1) is 11.0. The Morgan fingerprint density at radius 1 is 1.39 bits per heavy atom. The number of anilines is 1. The zero-order chi connectivity index (χ0) is 16.8. The van der Waals surface area contributed by atoms with E-state index in [4.69, 9.17) is 16.9 Å². The Morgan fingerprint density at radius 3 is 2.61 bits per heavy atom. The van der Waals surface area contributed by atoms with Gasteiger partial charge in [-0.1, -0.05) is 23.4 Å². The van der Waals surface area contributed by atoms with Crippen molar-refractivity contribution < 1.29 is 4.79 Å². The fraction of sp³-hybridized carbons (Fsp3) is 0.400. The summed E-state index contributed by atoms with van der Waals surface area (Å²) in [6, 6.07) is 5.58. The number of piperazine rings is 1. The first-order valence-corrected chi connectivity index (χ1v) is 8.73. The summed E-state index contributed by atoms with van der Waals surface area (Å²) in [5.41, 5.74) is 1.63. The van der Waals surface area contributed by atoms with Gasteiger partial charge < -0.3 is 9.80 Å². The number of thioether (sulfide) groups is 1. The molecule has 1 aliphatic rings. The van der Waals surface area contributed by atoms with Gasteiger partial charge in [-0.05, 0) is 24.5 Å². The minimum absolute atomic E-state index is 0.106. The Labute approximate surface area is 145 Å². The average molecular weight is 352 g/mol. The Hall–Kier alpha value is -1.91. The van der Waals surface area contributed by atoms with Crippen LogP contribution in [0.2, 0.25) is 5.02 Å². The molecular formula is C15H18ClN5OS. The highest BCUT2D eigenvalue weighted by molar-refractivity contribution is 8.13. The van der Waals surface area contributed by atoms with Gasteiger partial charge in [0.1, 0.15) is 0 Å². The summed E-state index contributed by atoms with van der Waals surface area (Å²) in [6.07, 6.45) is 3.70. The number of benzene rings is 1. The summed E-state index contributed by atoms with van der Waals surface area (Å²) in [5.74, 6) is 0.106. The number of nitrogens with one attached hydrogen (secondary N) is 1. The van der Waals surface area contributed by atoms with E-state index in [1.807, 2.05) is 29.5 Å². The first-order valence-electron chi connectivity index (χ1n) is 7.13. The molecule has 1 fully saturated rings. The van der Waals surface area contributed by atoms with E-state index in [0.717, 1.165) is 18.8 Å². The molecule has 8 heteroatoms. The van der Waals surface area contributed by atoms with Gasteiger partial charge in [-0.2, -0.15) is 5.26 Å². The lowest BCUT2D eigenvalue weighted by Crippen LogP contribution is -2.48. The summed E-state index contributed by atoms with van der Waals surface area (Å²) in [7, 11) is 0. The number of halogens is 1. The number of hydrogen-bond acceptors (Lipinski definition) is 5. The Morgan fingerprint density at radius 2 is 2.09 bits per heavy atom. The summed E-state index contributed by atoms with van der Waals surface area (Å²) in [6.45, 7) is 4.51. The minimum atomic E-state index is 0.106. The SMILES string of the molecule is CSC(=Nc1ccc(N2CCN(C(C)=O)CC2)c(Cl)c1)NC#N. The van der Waals surface area contributed by atoms with E-state index in [9.17, 15) is 4.79 Å². The van der Waals surface area contributed by atoms with E-state index in [0.29, 0.717) is 29.0 Å². The van der Waals surface area contributed by atoms with Crippen LogP contribution >= 0.6 is 23.4 Å². The van der Waals surface area contributed by atoms with Crippen LogP contribution in [-0.4, -0.2) is 48.4 Å². The largest absolute Gasteiger partial charge is 0.367 e. The van der Waals surface area contributed by atoms with Crippen molar-refractivity contribution in [3.63, 3.8) is 0 Å². The molecule has 1 aromatic rings. The number of rotatable bonds is 2. The number of aliphatic imine (C=N–C) groups is 1. The fourth-order valence-corrected chi connectivity index (χ4v) is 3.01. The molecule has 0 bridgehead atoms. The van der Waals surface area contributed by atoms with Crippen LogP contribution in [0.3, 0.4) is 0 Å². The second kappa shape index (κ2) is 8.09. The second-order valence-electron chi connectivity index (χ2n) is 4.99. The van der Waals surface area contributed by atoms with Crippen LogP contribution in [-0.2, 0) is 4.79 Å². The quantitative estimate of drug-likeness (QED) is 0.383. The molecular weight excluding hydrogens is 334 g/mol. The molecule has 0 radical (unpaired) electrons. The van der Waals surface area contributed by atoms with E-state index in [2.05, 4.69) is 15.2 Å². The molecule has 0 atom stereocenters. The highest BCUT2D eigenvalue weighted by Crippen LogP contribution is 2.31. The van der Waals surface area contributed by atoms with E-state index in [1.165, 1.54) is 11.8 Å². The lowest BCUT2D eigenvalue weighted by molar-refractivity contribution is -0.129. The normalized spacial score (nSPS) is 15.3. The molecule has 0 aliphatic carbocycles. The zero-order valence-electron chi connectivity index (χ0n) is 13.0. The molecule has 0 saturated carbocycles. The lowest BCUT2D eigenvalue weighted by atomic mass is 10.2. The molecule has 1 heterocycles. The van der Waals surface area contributed by atoms with E-state index >= 15 is 0 Å². The Kier molecular flexibility index (Phi) is 6.13. The predicted molar refractivity (Wildman–Crippen MR) is 95.3 cm³/mol. The number of nitriles is 1. The van der Waals surface area contributed by atoms with Crippen LogP contribution in [0.15, 0.2) is 23.2 Å². The first kappa shape index (κ1) is 17.4. The van der Waals surface area contributed by atoms with Gasteiger partial charge >= 0.3 is 0 Å². The molecule has 1 amide bonds. The summed E-state index contributed by atoms with van der Waals surface area (Å²) >= 11 is 7.74. The third-order valence-corrected chi connectivity index (χ3v) is 4.47. The summed E-state index contributed by atoms with van der Waals surface area (Å²) in [4.78, 5) is 19.7. The maximum absolute atomic E-state index is 11.4. The molecule has 1 saturated heterocycles. The van der Waals surface area contributed by atoms with E-state index < -0.39 is 0 Å². The van der Waals surface area contributed by atoms with Crippen molar-refractivity contribution in [2.24, 2.45) is 4.99 Å². The Balaban J connectivity index is 2.11. The highest BCUT2D eigenvalue weighted by Gasteiger charge is 2.20.